The van der Waals surface area contributed by atoms with Gasteiger partial charge in [-0.25, -0.2) is 0 Å². The van der Waals surface area contributed by atoms with Crippen LogP contribution >= 0.6 is 0 Å². The fourth-order valence-corrected chi connectivity index (χ4v) is 2.40. The van der Waals surface area contributed by atoms with Crippen molar-refractivity contribution in [2.24, 2.45) is 5.92 Å². The Morgan fingerprint density at radius 3 is 2.84 bits per heavy atom. The van der Waals surface area contributed by atoms with Crippen molar-refractivity contribution < 1.29 is 14.6 Å². The quantitative estimate of drug-likeness (QED) is 0.737. The van der Waals surface area contributed by atoms with Crippen molar-refractivity contribution >= 4 is 5.97 Å². The molecule has 2 N–H and O–H groups in total. The maximum absolute atomic E-state index is 11.3. The molecule has 1 heterocycles. The van der Waals surface area contributed by atoms with Crippen LogP contribution in [0.1, 0.15) is 24.3 Å². The Balaban J connectivity index is 1.76. The highest BCUT2D eigenvalue weighted by molar-refractivity contribution is 5.76. The van der Waals surface area contributed by atoms with Gasteiger partial charge in [-0.2, -0.15) is 0 Å². The van der Waals surface area contributed by atoms with Gasteiger partial charge < -0.3 is 15.2 Å². The first-order chi connectivity index (χ1) is 9.27. The second-order valence-electron chi connectivity index (χ2n) is 5.02. The zero-order chi connectivity index (χ0) is 13.5. The summed E-state index contributed by atoms with van der Waals surface area (Å²) in [5.41, 5.74) is 0.853. The molecule has 2 unspecified atom stereocenters. The fourth-order valence-electron chi connectivity index (χ4n) is 2.40. The van der Waals surface area contributed by atoms with Crippen molar-refractivity contribution in [3.63, 3.8) is 0 Å². The van der Waals surface area contributed by atoms with E-state index in [1.807, 2.05) is 30.3 Å². The molecule has 1 aliphatic rings. The Labute approximate surface area is 113 Å². The summed E-state index contributed by atoms with van der Waals surface area (Å²) in [6, 6.07) is 9.38. The summed E-state index contributed by atoms with van der Waals surface area (Å²) in [5, 5.41) is 12.5. The second-order valence-corrected chi connectivity index (χ2v) is 5.02. The Morgan fingerprint density at radius 1 is 1.42 bits per heavy atom. The molecule has 0 bridgehead atoms. The predicted octanol–water partition coefficient (Wildman–Crippen LogP) is 1.87. The van der Waals surface area contributed by atoms with Crippen molar-refractivity contribution in [1.82, 2.24) is 5.32 Å². The topological polar surface area (TPSA) is 58.6 Å². The van der Waals surface area contributed by atoms with E-state index in [4.69, 9.17) is 4.74 Å². The highest BCUT2D eigenvalue weighted by atomic mass is 16.5. The van der Waals surface area contributed by atoms with E-state index < -0.39 is 11.9 Å². The van der Waals surface area contributed by atoms with Crippen molar-refractivity contribution in [1.29, 1.82) is 0 Å². The van der Waals surface area contributed by atoms with Gasteiger partial charge in [-0.1, -0.05) is 30.3 Å². The van der Waals surface area contributed by atoms with Crippen LogP contribution in [0.3, 0.4) is 0 Å². The van der Waals surface area contributed by atoms with Crippen molar-refractivity contribution in [3.05, 3.63) is 35.9 Å². The summed E-state index contributed by atoms with van der Waals surface area (Å²) in [4.78, 5) is 11.3. The molecule has 1 fully saturated rings. The summed E-state index contributed by atoms with van der Waals surface area (Å²) in [7, 11) is 0. The van der Waals surface area contributed by atoms with Crippen LogP contribution in [0.25, 0.3) is 0 Å². The molecule has 1 aromatic rings. The average molecular weight is 263 g/mol. The molecular formula is C15H21NO3. The van der Waals surface area contributed by atoms with E-state index in [1.165, 1.54) is 0 Å². The van der Waals surface area contributed by atoms with E-state index in [-0.39, 0.29) is 0 Å². The lowest BCUT2D eigenvalue weighted by Crippen LogP contribution is -2.28. The Morgan fingerprint density at radius 2 is 2.21 bits per heavy atom. The lowest BCUT2D eigenvalue weighted by atomic mass is 9.99. The molecule has 0 aromatic heterocycles. The van der Waals surface area contributed by atoms with Gasteiger partial charge in [0.15, 0.2) is 0 Å². The molecule has 4 nitrogen and oxygen atoms in total. The molecular weight excluding hydrogens is 242 g/mol. The van der Waals surface area contributed by atoms with Gasteiger partial charge in [-0.05, 0) is 30.9 Å². The number of carboxylic acids is 1. The van der Waals surface area contributed by atoms with Crippen molar-refractivity contribution in [2.45, 2.75) is 18.8 Å². The number of nitrogens with one attached hydrogen (secondary N) is 1. The number of rotatable bonds is 7. The van der Waals surface area contributed by atoms with Gasteiger partial charge in [0.1, 0.15) is 0 Å². The van der Waals surface area contributed by atoms with Gasteiger partial charge in [0.25, 0.3) is 0 Å². The van der Waals surface area contributed by atoms with Crippen molar-refractivity contribution in [3.8, 4) is 0 Å². The molecule has 0 aliphatic carbocycles. The van der Waals surface area contributed by atoms with Gasteiger partial charge in [-0.15, -0.1) is 0 Å². The summed E-state index contributed by atoms with van der Waals surface area (Å²) in [6.07, 6.45) is 2.18. The molecule has 0 amide bonds. The van der Waals surface area contributed by atoms with E-state index in [0.29, 0.717) is 12.5 Å². The van der Waals surface area contributed by atoms with Gasteiger partial charge >= 0.3 is 5.97 Å². The van der Waals surface area contributed by atoms with Crippen LogP contribution < -0.4 is 5.32 Å². The van der Waals surface area contributed by atoms with Gasteiger partial charge in [0.2, 0.25) is 0 Å². The number of hydrogen-bond acceptors (Lipinski definition) is 3. The van der Waals surface area contributed by atoms with Crippen LogP contribution in [-0.4, -0.2) is 37.4 Å². The summed E-state index contributed by atoms with van der Waals surface area (Å²) in [6.45, 7) is 3.05. The second kappa shape index (κ2) is 7.26. The first-order valence-corrected chi connectivity index (χ1v) is 6.83. The van der Waals surface area contributed by atoms with Crippen LogP contribution in [0.4, 0.5) is 0 Å². The highest BCUT2D eigenvalue weighted by Gasteiger charge is 2.19. The maximum Gasteiger partial charge on any atom is 0.312 e. The van der Waals surface area contributed by atoms with E-state index in [9.17, 15) is 9.90 Å². The van der Waals surface area contributed by atoms with E-state index in [1.54, 1.807) is 0 Å². The molecule has 2 atom stereocenters. The van der Waals surface area contributed by atoms with Crippen LogP contribution in [0, 0.1) is 5.92 Å². The molecule has 2 rings (SSSR count). The first kappa shape index (κ1) is 14.0. The van der Waals surface area contributed by atoms with Gasteiger partial charge in [0, 0.05) is 19.8 Å². The zero-order valence-electron chi connectivity index (χ0n) is 11.0. The molecule has 1 aromatic carbocycles. The SMILES string of the molecule is O=C(O)C(CNCCC1CCOC1)c1ccccc1. The zero-order valence-corrected chi connectivity index (χ0v) is 11.0. The molecule has 1 aliphatic heterocycles. The maximum atomic E-state index is 11.3. The van der Waals surface area contributed by atoms with E-state index >= 15 is 0 Å². The Hall–Kier alpha value is -1.39. The largest absolute Gasteiger partial charge is 0.481 e. The summed E-state index contributed by atoms with van der Waals surface area (Å²) < 4.78 is 5.32. The van der Waals surface area contributed by atoms with E-state index in [2.05, 4.69) is 5.32 Å². The lowest BCUT2D eigenvalue weighted by Gasteiger charge is -2.14. The standard InChI is InChI=1S/C15H21NO3/c17-15(18)14(13-4-2-1-3-5-13)10-16-8-6-12-7-9-19-11-12/h1-5,12,14,16H,6-11H2,(H,17,18). The third kappa shape index (κ3) is 4.33. The smallest absolute Gasteiger partial charge is 0.312 e. The predicted molar refractivity (Wildman–Crippen MR) is 73.2 cm³/mol. The summed E-state index contributed by atoms with van der Waals surface area (Å²) in [5.74, 6) is -0.614. The molecule has 0 radical (unpaired) electrons. The summed E-state index contributed by atoms with van der Waals surface area (Å²) >= 11 is 0. The number of aliphatic carboxylic acids is 1. The average Bonchev–Trinajstić information content (AvgIpc) is 2.92. The Kier molecular flexibility index (Phi) is 5.36. The van der Waals surface area contributed by atoms with E-state index in [0.717, 1.165) is 38.2 Å². The number of hydrogen-bond donors (Lipinski definition) is 2. The van der Waals surface area contributed by atoms with Crippen LogP contribution in [-0.2, 0) is 9.53 Å². The first-order valence-electron chi connectivity index (χ1n) is 6.83. The third-order valence-electron chi connectivity index (χ3n) is 3.60. The third-order valence-corrected chi connectivity index (χ3v) is 3.60. The minimum atomic E-state index is -0.775. The van der Waals surface area contributed by atoms with Crippen LogP contribution in [0.2, 0.25) is 0 Å². The van der Waals surface area contributed by atoms with Crippen LogP contribution in [0.15, 0.2) is 30.3 Å². The van der Waals surface area contributed by atoms with Gasteiger partial charge in [-0.3, -0.25) is 4.79 Å². The molecule has 0 spiro atoms. The minimum Gasteiger partial charge on any atom is -0.481 e. The lowest BCUT2D eigenvalue weighted by molar-refractivity contribution is -0.138. The number of benzene rings is 1. The molecule has 0 saturated carbocycles. The molecule has 4 heteroatoms. The number of ether oxygens (including phenoxy) is 1. The van der Waals surface area contributed by atoms with Crippen LogP contribution in [0.5, 0.6) is 0 Å². The monoisotopic (exact) mass is 263 g/mol. The highest BCUT2D eigenvalue weighted by Crippen LogP contribution is 2.17. The Bertz CT molecular complexity index is 388. The number of carbonyl (C=O) groups is 1. The molecule has 19 heavy (non-hydrogen) atoms. The number of carboxylic acid groups (broad SMARTS) is 1. The normalized spacial score (nSPS) is 20.3. The minimum absolute atomic E-state index is 0.471. The molecule has 1 saturated heterocycles. The molecule has 104 valence electrons. The fraction of sp³-hybridized carbons (Fsp3) is 0.533. The van der Waals surface area contributed by atoms with Gasteiger partial charge in [0.05, 0.1) is 5.92 Å². The van der Waals surface area contributed by atoms with Crippen molar-refractivity contribution in [2.75, 3.05) is 26.3 Å².